The summed E-state index contributed by atoms with van der Waals surface area (Å²) in [6, 6.07) is 8.53. The van der Waals surface area contributed by atoms with E-state index in [1.165, 1.54) is 46.4 Å². The minimum atomic E-state index is 0.905. The van der Waals surface area contributed by atoms with E-state index in [4.69, 9.17) is 0 Å². The van der Waals surface area contributed by atoms with Gasteiger partial charge in [-0.15, -0.1) is 0 Å². The molecule has 0 radical (unpaired) electrons. The Hall–Kier alpha value is -2.35. The van der Waals surface area contributed by atoms with Gasteiger partial charge in [0.25, 0.3) is 0 Å². The lowest BCUT2D eigenvalue weighted by Gasteiger charge is -2.20. The number of allylic oxidation sites excluding steroid dienone is 2. The van der Waals surface area contributed by atoms with E-state index in [0.29, 0.717) is 0 Å². The van der Waals surface area contributed by atoms with Crippen LogP contribution in [-0.2, 0) is 0 Å². The van der Waals surface area contributed by atoms with Gasteiger partial charge in [0, 0.05) is 36.7 Å². The van der Waals surface area contributed by atoms with Crippen molar-refractivity contribution >= 4 is 16.8 Å². The second-order valence-corrected chi connectivity index (χ2v) is 10.6. The van der Waals surface area contributed by atoms with Crippen LogP contribution >= 0.6 is 0 Å². The molecule has 0 saturated heterocycles. The molecule has 0 N–H and O–H groups in total. The minimum Gasteiger partial charge on any atom is -0.377 e. The summed E-state index contributed by atoms with van der Waals surface area (Å²) in [5.41, 5.74) is 10.8. The van der Waals surface area contributed by atoms with E-state index in [1.807, 2.05) is 34.6 Å². The molecular formula is C34H56N2. The maximum atomic E-state index is 4.43. The number of rotatable bonds is 6. The van der Waals surface area contributed by atoms with Gasteiger partial charge in [-0.1, -0.05) is 66.8 Å². The summed E-state index contributed by atoms with van der Waals surface area (Å²) < 4.78 is 0. The fourth-order valence-corrected chi connectivity index (χ4v) is 4.09. The number of hydrogen-bond acceptors (Lipinski definition) is 2. The zero-order valence-corrected chi connectivity index (χ0v) is 26.0. The van der Waals surface area contributed by atoms with Gasteiger partial charge in [-0.05, 0) is 112 Å². The Bertz CT molecular complexity index is 959. The molecule has 1 heterocycles. The summed E-state index contributed by atoms with van der Waals surface area (Å²) in [5, 5.41) is 0. The average molecular weight is 493 g/mol. The molecule has 0 amide bonds. The van der Waals surface area contributed by atoms with Gasteiger partial charge in [-0.3, -0.25) is 4.98 Å². The van der Waals surface area contributed by atoms with Crippen molar-refractivity contribution in [2.45, 2.75) is 95.4 Å². The number of pyridine rings is 1. The van der Waals surface area contributed by atoms with Gasteiger partial charge in [0.05, 0.1) is 0 Å². The van der Waals surface area contributed by atoms with E-state index in [2.05, 4.69) is 103 Å². The largest absolute Gasteiger partial charge is 0.377 e. The van der Waals surface area contributed by atoms with Crippen molar-refractivity contribution in [2.24, 2.45) is 17.8 Å². The third-order valence-corrected chi connectivity index (χ3v) is 7.05. The number of aromatic nitrogens is 1. The Morgan fingerprint density at radius 1 is 0.972 bits per heavy atom. The van der Waals surface area contributed by atoms with E-state index in [0.717, 1.165) is 41.1 Å². The molecule has 1 atom stereocenters. The van der Waals surface area contributed by atoms with Crippen molar-refractivity contribution in [3.8, 4) is 0 Å². The van der Waals surface area contributed by atoms with Crippen LogP contribution in [0.3, 0.4) is 0 Å². The van der Waals surface area contributed by atoms with Crippen LogP contribution in [0.15, 0.2) is 37.4 Å². The van der Waals surface area contributed by atoms with Crippen LogP contribution in [0.5, 0.6) is 0 Å². The zero-order chi connectivity index (χ0) is 28.2. The molecule has 0 aliphatic heterocycles. The number of aryl methyl sites for hydroxylation is 4. The van der Waals surface area contributed by atoms with Crippen LogP contribution in [-0.4, -0.2) is 19.1 Å². The molecule has 1 aromatic heterocycles. The molecule has 36 heavy (non-hydrogen) atoms. The van der Waals surface area contributed by atoms with E-state index in [1.54, 1.807) is 0 Å². The number of hydrogen-bond donors (Lipinski definition) is 0. The van der Waals surface area contributed by atoms with Crippen molar-refractivity contribution in [3.63, 3.8) is 0 Å². The third-order valence-electron chi connectivity index (χ3n) is 7.05. The summed E-state index contributed by atoms with van der Waals surface area (Å²) in [6.07, 6.45) is 4.00. The molecular weight excluding hydrogens is 436 g/mol. The molecule has 1 saturated carbocycles. The topological polar surface area (TPSA) is 16.1 Å². The Morgan fingerprint density at radius 2 is 1.53 bits per heavy atom. The van der Waals surface area contributed by atoms with Gasteiger partial charge < -0.3 is 4.90 Å². The maximum absolute atomic E-state index is 4.43. The molecule has 3 rings (SSSR count). The molecule has 0 spiro atoms. The fraction of sp³-hybridized carbons (Fsp3) is 0.559. The predicted octanol–water partition coefficient (Wildman–Crippen LogP) is 10.2. The lowest BCUT2D eigenvalue weighted by Crippen LogP contribution is -2.11. The van der Waals surface area contributed by atoms with Crippen molar-refractivity contribution in [1.82, 2.24) is 4.98 Å². The summed E-state index contributed by atoms with van der Waals surface area (Å²) in [6.45, 7) is 31.5. The first kappa shape index (κ1) is 33.7. The molecule has 1 aliphatic carbocycles. The fourth-order valence-electron chi connectivity index (χ4n) is 4.09. The van der Waals surface area contributed by atoms with E-state index in [-0.39, 0.29) is 0 Å². The Morgan fingerprint density at radius 3 is 1.92 bits per heavy atom. The molecule has 1 aromatic carbocycles. The summed E-state index contributed by atoms with van der Waals surface area (Å²) >= 11 is 0. The van der Waals surface area contributed by atoms with Crippen LogP contribution in [0, 0.1) is 45.4 Å². The van der Waals surface area contributed by atoms with E-state index in [9.17, 15) is 0 Å². The average Bonchev–Trinajstić information content (AvgIpc) is 3.67. The summed E-state index contributed by atoms with van der Waals surface area (Å²) in [5.74, 6) is 2.98. The smallest absolute Gasteiger partial charge is 0.0450 e. The second kappa shape index (κ2) is 16.4. The predicted molar refractivity (Wildman–Crippen MR) is 166 cm³/mol. The van der Waals surface area contributed by atoms with Gasteiger partial charge in [0.2, 0.25) is 0 Å². The minimum absolute atomic E-state index is 0.905. The number of nitrogens with zero attached hydrogens (tertiary/aromatic N) is 2. The molecule has 0 bridgehead atoms. The van der Waals surface area contributed by atoms with Gasteiger partial charge in [-0.2, -0.15) is 0 Å². The maximum Gasteiger partial charge on any atom is 0.0450 e. The lowest BCUT2D eigenvalue weighted by atomic mass is 9.93. The number of anilines is 1. The lowest BCUT2D eigenvalue weighted by molar-refractivity contribution is 0.372. The summed E-state index contributed by atoms with van der Waals surface area (Å²) in [4.78, 5) is 6.58. The van der Waals surface area contributed by atoms with Crippen molar-refractivity contribution < 1.29 is 0 Å². The van der Waals surface area contributed by atoms with Gasteiger partial charge in [-0.25, -0.2) is 0 Å². The first-order chi connectivity index (χ1) is 16.8. The van der Waals surface area contributed by atoms with Gasteiger partial charge >= 0.3 is 0 Å². The molecule has 1 aliphatic rings. The van der Waals surface area contributed by atoms with E-state index >= 15 is 0 Å². The monoisotopic (exact) mass is 492 g/mol. The van der Waals surface area contributed by atoms with Crippen molar-refractivity contribution in [2.75, 3.05) is 19.0 Å². The highest BCUT2D eigenvalue weighted by Crippen LogP contribution is 2.39. The molecule has 1 fully saturated rings. The van der Waals surface area contributed by atoms with Gasteiger partial charge in [0.1, 0.15) is 0 Å². The van der Waals surface area contributed by atoms with Gasteiger partial charge in [0.15, 0.2) is 0 Å². The Balaban J connectivity index is 0.000000508. The van der Waals surface area contributed by atoms with Crippen molar-refractivity contribution in [3.05, 3.63) is 71.1 Å². The normalized spacial score (nSPS) is 12.7. The Labute approximate surface area is 224 Å². The third kappa shape index (κ3) is 10.7. The molecule has 1 unspecified atom stereocenters. The highest BCUT2D eigenvalue weighted by Gasteiger charge is 2.29. The first-order valence-electron chi connectivity index (χ1n) is 13.9. The number of benzene rings is 1. The highest BCUT2D eigenvalue weighted by atomic mass is 15.1. The zero-order valence-electron chi connectivity index (χ0n) is 26.0. The van der Waals surface area contributed by atoms with Crippen LogP contribution < -0.4 is 4.90 Å². The van der Waals surface area contributed by atoms with E-state index < -0.39 is 0 Å². The van der Waals surface area contributed by atoms with Crippen LogP contribution in [0.1, 0.15) is 101 Å². The molecule has 2 heteroatoms. The standard InChI is InChI=1S/C13H19N.C11H15N.C8H16.C2H6/c1-6-10(2)13-11(3)8-7-9-12(13)14(4)5;1-7(2)11-6-8(3)9(4)12-10(11)5;1-6(2)7(3)8-4-5-8;1-2/h7-9H,2,6H2,1,3-5H3;6H,1H2,2-5H3;6-8H,4-5H2,1-3H3;1-2H3. The van der Waals surface area contributed by atoms with Crippen LogP contribution in [0.25, 0.3) is 11.1 Å². The quantitative estimate of drug-likeness (QED) is 0.398. The highest BCUT2D eigenvalue weighted by molar-refractivity contribution is 5.77. The van der Waals surface area contributed by atoms with Crippen molar-refractivity contribution in [1.29, 1.82) is 0 Å². The Kier molecular flexibility index (Phi) is 15.3. The molecule has 2 nitrogen and oxygen atoms in total. The molecule has 2 aromatic rings. The van der Waals surface area contributed by atoms with Crippen LogP contribution in [0.2, 0.25) is 0 Å². The second-order valence-electron chi connectivity index (χ2n) is 10.6. The summed E-state index contributed by atoms with van der Waals surface area (Å²) in [7, 11) is 4.14. The van der Waals surface area contributed by atoms with Crippen LogP contribution in [0.4, 0.5) is 5.69 Å². The molecule has 202 valence electrons. The first-order valence-corrected chi connectivity index (χ1v) is 13.9. The SMILES string of the molecule is C=C(C)c1cc(C)c(C)nc1C.C=C(CC)c1c(C)cccc1N(C)C.CC.CC(C)C(C)C1CC1.